The van der Waals surface area contributed by atoms with Gasteiger partial charge in [-0.2, -0.15) is 0 Å². The van der Waals surface area contributed by atoms with E-state index >= 15 is 0 Å². The summed E-state index contributed by atoms with van der Waals surface area (Å²) in [5.41, 5.74) is 0.117. The second-order valence-electron chi connectivity index (χ2n) is 5.77. The number of rotatable bonds is 3. The summed E-state index contributed by atoms with van der Waals surface area (Å²) < 4.78 is 5.46. The van der Waals surface area contributed by atoms with E-state index in [0.717, 1.165) is 24.1 Å². The van der Waals surface area contributed by atoms with Gasteiger partial charge >= 0.3 is 0 Å². The average Bonchev–Trinajstić information content (AvgIpc) is 2.47. The van der Waals surface area contributed by atoms with Crippen LogP contribution in [-0.4, -0.2) is 30.9 Å². The van der Waals surface area contributed by atoms with Gasteiger partial charge in [-0.25, -0.2) is 0 Å². The molecular formula is C17H21NO2. The van der Waals surface area contributed by atoms with Gasteiger partial charge in [-0.1, -0.05) is 36.4 Å². The summed E-state index contributed by atoms with van der Waals surface area (Å²) in [6.45, 7) is 4.17. The van der Waals surface area contributed by atoms with Gasteiger partial charge in [0, 0.05) is 12.6 Å². The number of hydrogen-bond acceptors (Lipinski definition) is 3. The Morgan fingerprint density at radius 1 is 1.25 bits per heavy atom. The second-order valence-corrected chi connectivity index (χ2v) is 5.77. The highest BCUT2D eigenvalue weighted by Crippen LogP contribution is 2.29. The largest absolute Gasteiger partial charge is 0.385 e. The molecule has 1 fully saturated rings. The normalized spacial score (nSPS) is 22.6. The first kappa shape index (κ1) is 13.6. The molecule has 0 aliphatic carbocycles. The minimum absolute atomic E-state index is 0.213. The number of fused-ring (bicyclic) bond motifs is 1. The molecule has 0 spiro atoms. The first-order chi connectivity index (χ1) is 9.65. The Bertz CT molecular complexity index is 588. The predicted molar refractivity (Wildman–Crippen MR) is 80.7 cm³/mol. The van der Waals surface area contributed by atoms with Crippen molar-refractivity contribution in [2.45, 2.75) is 25.0 Å². The maximum absolute atomic E-state index is 10.8. The van der Waals surface area contributed by atoms with Crippen LogP contribution in [0.1, 0.15) is 18.9 Å². The molecule has 2 aromatic carbocycles. The zero-order valence-electron chi connectivity index (χ0n) is 11.8. The maximum Gasteiger partial charge on any atom is 0.0884 e. The van der Waals surface area contributed by atoms with E-state index in [1.165, 1.54) is 5.39 Å². The highest BCUT2D eigenvalue weighted by Gasteiger charge is 2.28. The van der Waals surface area contributed by atoms with E-state index in [0.29, 0.717) is 13.0 Å². The van der Waals surface area contributed by atoms with Crippen LogP contribution in [0.3, 0.4) is 0 Å². The van der Waals surface area contributed by atoms with Gasteiger partial charge in [-0.05, 0) is 35.7 Å². The Hall–Kier alpha value is -1.42. The lowest BCUT2D eigenvalue weighted by atomic mass is 9.88. The van der Waals surface area contributed by atoms with Crippen LogP contribution >= 0.6 is 0 Å². The zero-order chi connectivity index (χ0) is 14.0. The standard InChI is InChI=1S/C17H21NO2/c1-17(19,11-16-12-20-9-8-18-16)15-7-6-13-4-2-3-5-14(13)10-15/h2-7,10,16,18-19H,8-9,11-12H2,1H3. The Labute approximate surface area is 119 Å². The molecule has 2 N–H and O–H groups in total. The van der Waals surface area contributed by atoms with E-state index < -0.39 is 5.60 Å². The highest BCUT2D eigenvalue weighted by molar-refractivity contribution is 5.83. The van der Waals surface area contributed by atoms with Gasteiger partial charge in [-0.3, -0.25) is 0 Å². The van der Waals surface area contributed by atoms with Gasteiger partial charge < -0.3 is 15.2 Å². The van der Waals surface area contributed by atoms with E-state index in [-0.39, 0.29) is 6.04 Å². The molecule has 20 heavy (non-hydrogen) atoms. The molecule has 2 atom stereocenters. The fourth-order valence-corrected chi connectivity index (χ4v) is 2.87. The molecule has 1 heterocycles. The SMILES string of the molecule is CC(O)(CC1COCCN1)c1ccc2ccccc2c1. The molecular weight excluding hydrogens is 250 g/mol. The van der Waals surface area contributed by atoms with Crippen molar-refractivity contribution in [3.8, 4) is 0 Å². The first-order valence-corrected chi connectivity index (χ1v) is 7.18. The summed E-state index contributed by atoms with van der Waals surface area (Å²) in [5, 5.41) is 16.6. The fraction of sp³-hybridized carbons (Fsp3) is 0.412. The van der Waals surface area contributed by atoms with E-state index in [4.69, 9.17) is 4.74 Å². The number of ether oxygens (including phenoxy) is 1. The van der Waals surface area contributed by atoms with Crippen LogP contribution in [-0.2, 0) is 10.3 Å². The number of benzene rings is 2. The van der Waals surface area contributed by atoms with E-state index in [2.05, 4.69) is 29.6 Å². The summed E-state index contributed by atoms with van der Waals surface area (Å²) >= 11 is 0. The van der Waals surface area contributed by atoms with E-state index in [1.54, 1.807) is 0 Å². The molecule has 106 valence electrons. The maximum atomic E-state index is 10.8. The topological polar surface area (TPSA) is 41.5 Å². The van der Waals surface area contributed by atoms with Gasteiger partial charge in [0.05, 0.1) is 18.8 Å². The minimum atomic E-state index is -0.845. The Kier molecular flexibility index (Phi) is 3.74. The lowest BCUT2D eigenvalue weighted by molar-refractivity contribution is 0.00330. The molecule has 3 heteroatoms. The third-order valence-electron chi connectivity index (χ3n) is 4.01. The van der Waals surface area contributed by atoms with Crippen molar-refractivity contribution >= 4 is 10.8 Å². The average molecular weight is 271 g/mol. The van der Waals surface area contributed by atoms with Gasteiger partial charge in [0.15, 0.2) is 0 Å². The molecule has 2 aromatic rings. The zero-order valence-corrected chi connectivity index (χ0v) is 11.8. The van der Waals surface area contributed by atoms with Crippen LogP contribution in [0.5, 0.6) is 0 Å². The highest BCUT2D eigenvalue weighted by atomic mass is 16.5. The van der Waals surface area contributed by atoms with Crippen LogP contribution in [0.15, 0.2) is 42.5 Å². The third-order valence-corrected chi connectivity index (χ3v) is 4.01. The Balaban J connectivity index is 1.83. The van der Waals surface area contributed by atoms with Crippen molar-refractivity contribution in [2.75, 3.05) is 19.8 Å². The summed E-state index contributed by atoms with van der Waals surface area (Å²) in [5.74, 6) is 0. The van der Waals surface area contributed by atoms with Crippen LogP contribution in [0.4, 0.5) is 0 Å². The summed E-state index contributed by atoms with van der Waals surface area (Å²) in [7, 11) is 0. The van der Waals surface area contributed by atoms with Gasteiger partial charge in [0.2, 0.25) is 0 Å². The van der Waals surface area contributed by atoms with Crippen LogP contribution in [0, 0.1) is 0 Å². The van der Waals surface area contributed by atoms with Crippen LogP contribution in [0.25, 0.3) is 10.8 Å². The molecule has 0 bridgehead atoms. The first-order valence-electron chi connectivity index (χ1n) is 7.18. The smallest absolute Gasteiger partial charge is 0.0884 e. The Morgan fingerprint density at radius 3 is 2.80 bits per heavy atom. The monoisotopic (exact) mass is 271 g/mol. The van der Waals surface area contributed by atoms with Crippen LogP contribution < -0.4 is 5.32 Å². The number of aliphatic hydroxyl groups is 1. The summed E-state index contributed by atoms with van der Waals surface area (Å²) in [6, 6.07) is 14.6. The lowest BCUT2D eigenvalue weighted by Crippen LogP contribution is -2.45. The predicted octanol–water partition coefficient (Wildman–Crippen LogP) is 2.43. The molecule has 1 saturated heterocycles. The molecule has 0 amide bonds. The van der Waals surface area contributed by atoms with Gasteiger partial charge in [0.25, 0.3) is 0 Å². The molecule has 0 radical (unpaired) electrons. The molecule has 0 aromatic heterocycles. The molecule has 2 unspecified atom stereocenters. The third kappa shape index (κ3) is 2.85. The van der Waals surface area contributed by atoms with E-state index in [1.807, 2.05) is 25.1 Å². The summed E-state index contributed by atoms with van der Waals surface area (Å²) in [4.78, 5) is 0. The van der Waals surface area contributed by atoms with Crippen molar-refractivity contribution < 1.29 is 9.84 Å². The quantitative estimate of drug-likeness (QED) is 0.901. The molecule has 1 aliphatic rings. The molecule has 3 rings (SSSR count). The van der Waals surface area contributed by atoms with Gasteiger partial charge in [0.1, 0.15) is 0 Å². The molecule has 0 saturated carbocycles. The second kappa shape index (κ2) is 5.52. The number of nitrogens with one attached hydrogen (secondary N) is 1. The summed E-state index contributed by atoms with van der Waals surface area (Å²) in [6.07, 6.45) is 0.658. The van der Waals surface area contributed by atoms with Crippen molar-refractivity contribution in [1.29, 1.82) is 0 Å². The Morgan fingerprint density at radius 2 is 2.05 bits per heavy atom. The lowest BCUT2D eigenvalue weighted by Gasteiger charge is -2.32. The van der Waals surface area contributed by atoms with Crippen molar-refractivity contribution in [3.05, 3.63) is 48.0 Å². The molecule has 3 nitrogen and oxygen atoms in total. The van der Waals surface area contributed by atoms with E-state index in [9.17, 15) is 5.11 Å². The minimum Gasteiger partial charge on any atom is -0.385 e. The number of hydrogen-bond donors (Lipinski definition) is 2. The van der Waals surface area contributed by atoms with Gasteiger partial charge in [-0.15, -0.1) is 0 Å². The fourth-order valence-electron chi connectivity index (χ4n) is 2.87. The van der Waals surface area contributed by atoms with Crippen LogP contribution in [0.2, 0.25) is 0 Å². The van der Waals surface area contributed by atoms with Crippen molar-refractivity contribution in [2.24, 2.45) is 0 Å². The number of morpholine rings is 1. The van der Waals surface area contributed by atoms with Crippen molar-refractivity contribution in [3.63, 3.8) is 0 Å². The molecule has 1 aliphatic heterocycles. The van der Waals surface area contributed by atoms with Crippen molar-refractivity contribution in [1.82, 2.24) is 5.32 Å².